The largest absolute Gasteiger partial charge is 0.345 e. The number of carbonyl (C=O) groups is 1. The molecule has 0 saturated heterocycles. The Balaban J connectivity index is 2.13. The summed E-state index contributed by atoms with van der Waals surface area (Å²) in [4.78, 5) is 12.4. The zero-order valence-corrected chi connectivity index (χ0v) is 15.2. The van der Waals surface area contributed by atoms with Gasteiger partial charge in [-0.2, -0.15) is 0 Å². The molecule has 0 spiro atoms. The molecular formula is C17H19ClN2O3S. The summed E-state index contributed by atoms with van der Waals surface area (Å²) in [7, 11) is -3.39. The van der Waals surface area contributed by atoms with E-state index in [4.69, 9.17) is 11.6 Å². The van der Waals surface area contributed by atoms with Crippen LogP contribution in [0.25, 0.3) is 0 Å². The van der Waals surface area contributed by atoms with Crippen molar-refractivity contribution in [3.05, 3.63) is 64.2 Å². The van der Waals surface area contributed by atoms with Gasteiger partial charge in [0.2, 0.25) is 10.0 Å². The van der Waals surface area contributed by atoms with Crippen LogP contribution in [0.4, 0.5) is 5.69 Å². The molecule has 0 bridgehead atoms. The first-order valence-electron chi connectivity index (χ1n) is 7.30. The highest BCUT2D eigenvalue weighted by atomic mass is 35.5. The Morgan fingerprint density at radius 2 is 1.75 bits per heavy atom. The number of amides is 1. The van der Waals surface area contributed by atoms with Crippen molar-refractivity contribution in [2.75, 3.05) is 11.0 Å². The molecule has 2 aromatic carbocycles. The summed E-state index contributed by atoms with van der Waals surface area (Å²) in [6.07, 6.45) is 1.05. The summed E-state index contributed by atoms with van der Waals surface area (Å²) in [5, 5.41) is 3.06. The van der Waals surface area contributed by atoms with E-state index in [2.05, 4.69) is 10.0 Å². The van der Waals surface area contributed by atoms with E-state index >= 15 is 0 Å². The molecule has 0 aliphatic carbocycles. The van der Waals surface area contributed by atoms with Gasteiger partial charge in [0, 0.05) is 5.69 Å². The van der Waals surface area contributed by atoms with E-state index in [0.717, 1.165) is 17.4 Å². The molecule has 128 valence electrons. The van der Waals surface area contributed by atoms with Crippen molar-refractivity contribution in [1.29, 1.82) is 0 Å². The molecule has 24 heavy (non-hydrogen) atoms. The molecule has 0 aromatic heterocycles. The number of hydrogen-bond donors (Lipinski definition) is 2. The Kier molecular flexibility index (Phi) is 5.51. The minimum atomic E-state index is -3.39. The van der Waals surface area contributed by atoms with E-state index in [1.807, 2.05) is 38.1 Å². The maximum Gasteiger partial charge on any atom is 0.253 e. The number of benzene rings is 2. The monoisotopic (exact) mass is 366 g/mol. The smallest absolute Gasteiger partial charge is 0.253 e. The lowest BCUT2D eigenvalue weighted by atomic mass is 10.1. The van der Waals surface area contributed by atoms with E-state index in [-0.39, 0.29) is 22.5 Å². The quantitative estimate of drug-likeness (QED) is 0.850. The van der Waals surface area contributed by atoms with Crippen LogP contribution in [0.1, 0.15) is 34.5 Å². The van der Waals surface area contributed by atoms with Crippen LogP contribution in [-0.2, 0) is 10.0 Å². The first-order chi connectivity index (χ1) is 11.2. The number of nitrogens with one attached hydrogen (secondary N) is 2. The van der Waals surface area contributed by atoms with E-state index < -0.39 is 10.0 Å². The van der Waals surface area contributed by atoms with E-state index in [9.17, 15) is 13.2 Å². The number of anilines is 1. The molecule has 0 aliphatic heterocycles. The maximum absolute atomic E-state index is 12.4. The van der Waals surface area contributed by atoms with Crippen LogP contribution in [0.5, 0.6) is 0 Å². The average molecular weight is 367 g/mol. The highest BCUT2D eigenvalue weighted by molar-refractivity contribution is 7.92. The molecule has 2 N–H and O–H groups in total. The minimum absolute atomic E-state index is 0.178. The van der Waals surface area contributed by atoms with Crippen LogP contribution in [0.15, 0.2) is 42.5 Å². The molecule has 0 heterocycles. The summed E-state index contributed by atoms with van der Waals surface area (Å²) >= 11 is 6.11. The van der Waals surface area contributed by atoms with E-state index in [1.165, 1.54) is 18.2 Å². The van der Waals surface area contributed by atoms with Gasteiger partial charge < -0.3 is 5.32 Å². The molecule has 0 radical (unpaired) electrons. The lowest BCUT2D eigenvalue weighted by Gasteiger charge is -2.15. The fourth-order valence-corrected chi connectivity index (χ4v) is 3.01. The van der Waals surface area contributed by atoms with Gasteiger partial charge in [0.05, 0.1) is 22.9 Å². The fourth-order valence-electron chi connectivity index (χ4n) is 2.19. The van der Waals surface area contributed by atoms with Gasteiger partial charge in [-0.25, -0.2) is 8.42 Å². The summed E-state index contributed by atoms with van der Waals surface area (Å²) in [5.41, 5.74) is 2.73. The highest BCUT2D eigenvalue weighted by Gasteiger charge is 2.15. The van der Waals surface area contributed by atoms with Crippen LogP contribution in [0.2, 0.25) is 5.02 Å². The van der Waals surface area contributed by atoms with Crippen molar-refractivity contribution in [2.24, 2.45) is 0 Å². The Morgan fingerprint density at radius 3 is 2.29 bits per heavy atom. The molecule has 0 unspecified atom stereocenters. The predicted molar refractivity (Wildman–Crippen MR) is 97.0 cm³/mol. The Bertz CT molecular complexity index is 849. The molecule has 1 amide bonds. The normalized spacial score (nSPS) is 12.5. The van der Waals surface area contributed by atoms with Crippen LogP contribution in [0, 0.1) is 6.92 Å². The van der Waals surface area contributed by atoms with Gasteiger partial charge >= 0.3 is 0 Å². The van der Waals surface area contributed by atoms with E-state index in [0.29, 0.717) is 5.69 Å². The first kappa shape index (κ1) is 18.3. The number of hydrogen-bond acceptors (Lipinski definition) is 3. The van der Waals surface area contributed by atoms with Crippen LogP contribution < -0.4 is 10.0 Å². The summed E-state index contributed by atoms with van der Waals surface area (Å²) < 4.78 is 24.8. The third-order valence-corrected chi connectivity index (χ3v) is 4.36. The zero-order chi connectivity index (χ0) is 17.9. The van der Waals surface area contributed by atoms with Gasteiger partial charge in [-0.15, -0.1) is 0 Å². The molecule has 0 saturated carbocycles. The van der Waals surface area contributed by atoms with Crippen molar-refractivity contribution in [3.63, 3.8) is 0 Å². The third-order valence-electron chi connectivity index (χ3n) is 3.44. The second kappa shape index (κ2) is 7.23. The van der Waals surface area contributed by atoms with Crippen molar-refractivity contribution in [1.82, 2.24) is 5.32 Å². The second-order valence-electron chi connectivity index (χ2n) is 5.67. The van der Waals surface area contributed by atoms with Gasteiger partial charge in [-0.3, -0.25) is 9.52 Å². The first-order valence-corrected chi connectivity index (χ1v) is 9.57. The van der Waals surface area contributed by atoms with Gasteiger partial charge in [0.25, 0.3) is 5.91 Å². The SMILES string of the molecule is Cc1ccc([C@@H](C)NC(=O)c2ccc(NS(C)(=O)=O)cc2Cl)cc1. The van der Waals surface area contributed by atoms with E-state index in [1.54, 1.807) is 0 Å². The standard InChI is InChI=1S/C17H19ClN2O3S/c1-11-4-6-13(7-5-11)12(2)19-17(21)15-9-8-14(10-16(15)18)20-24(3,22)23/h4-10,12,20H,1-3H3,(H,19,21)/t12-/m1/s1. The molecule has 2 rings (SSSR count). The number of halogens is 1. The second-order valence-corrected chi connectivity index (χ2v) is 7.83. The molecule has 1 atom stereocenters. The Hall–Kier alpha value is -2.05. The number of rotatable bonds is 5. The lowest BCUT2D eigenvalue weighted by molar-refractivity contribution is 0.0940. The Labute approximate surface area is 147 Å². The molecule has 0 fully saturated rings. The van der Waals surface area contributed by atoms with Gasteiger partial charge in [0.1, 0.15) is 0 Å². The molecule has 0 aliphatic rings. The minimum Gasteiger partial charge on any atom is -0.345 e. The number of aryl methyl sites for hydroxylation is 1. The van der Waals surface area contributed by atoms with Crippen molar-refractivity contribution in [3.8, 4) is 0 Å². The van der Waals surface area contributed by atoms with Gasteiger partial charge in [-0.05, 0) is 37.6 Å². The fraction of sp³-hybridized carbons (Fsp3) is 0.235. The maximum atomic E-state index is 12.4. The van der Waals surface area contributed by atoms with Crippen molar-refractivity contribution < 1.29 is 13.2 Å². The summed E-state index contributed by atoms with van der Waals surface area (Å²) in [5.74, 6) is -0.320. The summed E-state index contributed by atoms with van der Waals surface area (Å²) in [6, 6.07) is 12.1. The average Bonchev–Trinajstić information content (AvgIpc) is 2.46. The van der Waals surface area contributed by atoms with Gasteiger partial charge in [-0.1, -0.05) is 41.4 Å². The zero-order valence-electron chi connectivity index (χ0n) is 13.6. The predicted octanol–water partition coefficient (Wildman–Crippen LogP) is 3.51. The van der Waals surface area contributed by atoms with Crippen LogP contribution in [0.3, 0.4) is 0 Å². The summed E-state index contributed by atoms with van der Waals surface area (Å²) in [6.45, 7) is 3.88. The third kappa shape index (κ3) is 4.97. The number of carbonyl (C=O) groups excluding carboxylic acids is 1. The number of sulfonamides is 1. The topological polar surface area (TPSA) is 75.3 Å². The molecule has 5 nitrogen and oxygen atoms in total. The Morgan fingerprint density at radius 1 is 1.12 bits per heavy atom. The van der Waals surface area contributed by atoms with Crippen LogP contribution >= 0.6 is 11.6 Å². The van der Waals surface area contributed by atoms with Crippen molar-refractivity contribution >= 4 is 33.2 Å². The van der Waals surface area contributed by atoms with Crippen molar-refractivity contribution in [2.45, 2.75) is 19.9 Å². The highest BCUT2D eigenvalue weighted by Crippen LogP contribution is 2.23. The van der Waals surface area contributed by atoms with Crippen LogP contribution in [-0.4, -0.2) is 20.6 Å². The molecule has 7 heteroatoms. The molecular weight excluding hydrogens is 348 g/mol. The van der Waals surface area contributed by atoms with Gasteiger partial charge in [0.15, 0.2) is 0 Å². The lowest BCUT2D eigenvalue weighted by Crippen LogP contribution is -2.27. The molecule has 2 aromatic rings.